The number of carbonyl (C=O) groups is 3. The molecule has 0 saturated carbocycles. The Morgan fingerprint density at radius 1 is 1.27 bits per heavy atom. The average Bonchev–Trinajstić information content (AvgIpc) is 3.05. The zero-order chi connectivity index (χ0) is 15.9. The smallest absolute Gasteiger partial charge is 0.324 e. The van der Waals surface area contributed by atoms with Crippen molar-refractivity contribution in [3.8, 4) is 0 Å². The monoisotopic (exact) mass is 301 g/mol. The van der Waals surface area contributed by atoms with Gasteiger partial charge in [-0.2, -0.15) is 0 Å². The lowest BCUT2D eigenvalue weighted by Gasteiger charge is -2.22. The molecule has 4 amide bonds. The molecule has 0 aromatic heterocycles. The van der Waals surface area contributed by atoms with Gasteiger partial charge < -0.3 is 10.2 Å². The summed E-state index contributed by atoms with van der Waals surface area (Å²) in [7, 11) is 0. The van der Waals surface area contributed by atoms with E-state index < -0.39 is 0 Å². The molecule has 1 aromatic rings. The van der Waals surface area contributed by atoms with E-state index in [0.717, 1.165) is 11.1 Å². The summed E-state index contributed by atoms with van der Waals surface area (Å²) in [5.74, 6) is -0.247. The number of hydrogen-bond acceptors (Lipinski definition) is 3. The third-order valence-corrected chi connectivity index (χ3v) is 4.31. The van der Waals surface area contributed by atoms with Gasteiger partial charge in [0.15, 0.2) is 0 Å². The Kier molecular flexibility index (Phi) is 3.60. The molecule has 1 N–H and O–H groups in total. The number of carbonyl (C=O) groups excluding carboxylic acids is 3. The molecule has 0 spiro atoms. The van der Waals surface area contributed by atoms with Crippen LogP contribution in [0.3, 0.4) is 0 Å². The van der Waals surface area contributed by atoms with E-state index in [4.69, 9.17) is 0 Å². The predicted octanol–water partition coefficient (Wildman–Crippen LogP) is 1.07. The largest absolute Gasteiger partial charge is 0.336 e. The molecule has 0 bridgehead atoms. The number of rotatable bonds is 2. The van der Waals surface area contributed by atoms with Crippen molar-refractivity contribution in [2.24, 2.45) is 0 Å². The maximum absolute atomic E-state index is 12.6. The van der Waals surface area contributed by atoms with Crippen LogP contribution < -0.4 is 5.32 Å². The molecule has 1 unspecified atom stereocenters. The summed E-state index contributed by atoms with van der Waals surface area (Å²) in [6, 6.07) is 5.18. The Balaban J connectivity index is 1.73. The Morgan fingerprint density at radius 2 is 2.05 bits per heavy atom. The van der Waals surface area contributed by atoms with E-state index in [9.17, 15) is 14.4 Å². The van der Waals surface area contributed by atoms with E-state index in [1.807, 2.05) is 32.0 Å². The minimum atomic E-state index is -0.351. The summed E-state index contributed by atoms with van der Waals surface area (Å²) in [6.07, 6.45) is 0.635. The molecule has 2 aliphatic heterocycles. The highest BCUT2D eigenvalue weighted by atomic mass is 16.2. The van der Waals surface area contributed by atoms with Gasteiger partial charge in [0.25, 0.3) is 5.91 Å². The van der Waals surface area contributed by atoms with Crippen LogP contribution in [0.2, 0.25) is 0 Å². The molecule has 22 heavy (non-hydrogen) atoms. The van der Waals surface area contributed by atoms with Gasteiger partial charge in [0.05, 0.1) is 12.6 Å². The van der Waals surface area contributed by atoms with Crippen molar-refractivity contribution in [3.05, 3.63) is 34.9 Å². The van der Waals surface area contributed by atoms with Crippen LogP contribution in [-0.4, -0.2) is 53.3 Å². The molecular weight excluding hydrogens is 282 g/mol. The third kappa shape index (κ3) is 2.45. The van der Waals surface area contributed by atoms with Gasteiger partial charge >= 0.3 is 6.03 Å². The topological polar surface area (TPSA) is 69.7 Å². The second-order valence-corrected chi connectivity index (χ2v) is 5.93. The van der Waals surface area contributed by atoms with Crippen molar-refractivity contribution in [1.82, 2.24) is 15.1 Å². The second-order valence-electron chi connectivity index (χ2n) is 5.93. The molecule has 1 atom stereocenters. The van der Waals surface area contributed by atoms with E-state index in [2.05, 4.69) is 5.32 Å². The van der Waals surface area contributed by atoms with Gasteiger partial charge in [0.2, 0.25) is 5.91 Å². The first-order chi connectivity index (χ1) is 10.5. The standard InChI is InChI=1S/C16H19N3O3/c1-10-3-4-13(11(2)7-10)15(21)18-6-5-12(9-18)19-14(20)8-17-16(19)22/h3-4,7,12H,5-6,8-9H2,1-2H3,(H,17,22). The number of aryl methyl sites for hydroxylation is 2. The van der Waals surface area contributed by atoms with Gasteiger partial charge in [-0.1, -0.05) is 17.7 Å². The minimum absolute atomic E-state index is 0.0351. The number of nitrogens with one attached hydrogen (secondary N) is 1. The molecule has 0 radical (unpaired) electrons. The summed E-state index contributed by atoms with van der Waals surface area (Å²) in [5.41, 5.74) is 2.75. The van der Waals surface area contributed by atoms with Crippen LogP contribution in [-0.2, 0) is 4.79 Å². The summed E-state index contributed by atoms with van der Waals surface area (Å²) in [5, 5.41) is 2.52. The highest BCUT2D eigenvalue weighted by molar-refractivity contribution is 6.02. The van der Waals surface area contributed by atoms with Crippen molar-refractivity contribution in [3.63, 3.8) is 0 Å². The highest BCUT2D eigenvalue weighted by Crippen LogP contribution is 2.21. The summed E-state index contributed by atoms with van der Waals surface area (Å²) in [6.45, 7) is 4.94. The van der Waals surface area contributed by atoms with Crippen molar-refractivity contribution in [2.45, 2.75) is 26.3 Å². The lowest BCUT2D eigenvalue weighted by atomic mass is 10.0. The van der Waals surface area contributed by atoms with Crippen LogP contribution in [0.4, 0.5) is 4.79 Å². The summed E-state index contributed by atoms with van der Waals surface area (Å²) in [4.78, 5) is 39.1. The number of nitrogens with zero attached hydrogens (tertiary/aromatic N) is 2. The number of benzene rings is 1. The number of hydrogen-bond donors (Lipinski definition) is 1. The predicted molar refractivity (Wildman–Crippen MR) is 80.5 cm³/mol. The SMILES string of the molecule is Cc1ccc(C(=O)N2CCC(N3C(=O)CNC3=O)C2)c(C)c1. The van der Waals surface area contributed by atoms with Crippen LogP contribution in [0.5, 0.6) is 0 Å². The lowest BCUT2D eigenvalue weighted by Crippen LogP contribution is -2.43. The van der Waals surface area contributed by atoms with Gasteiger partial charge in [-0.3, -0.25) is 14.5 Å². The molecule has 2 saturated heterocycles. The van der Waals surface area contributed by atoms with Crippen LogP contribution >= 0.6 is 0 Å². The second kappa shape index (κ2) is 5.44. The first-order valence-corrected chi connectivity index (χ1v) is 7.44. The van der Waals surface area contributed by atoms with E-state index in [1.54, 1.807) is 4.90 Å². The minimum Gasteiger partial charge on any atom is -0.336 e. The van der Waals surface area contributed by atoms with E-state index >= 15 is 0 Å². The quantitative estimate of drug-likeness (QED) is 0.831. The fraction of sp³-hybridized carbons (Fsp3) is 0.438. The summed E-state index contributed by atoms with van der Waals surface area (Å²) >= 11 is 0. The molecule has 2 aliphatic rings. The number of amides is 4. The van der Waals surface area contributed by atoms with Crippen LogP contribution in [0, 0.1) is 13.8 Å². The van der Waals surface area contributed by atoms with Gasteiger partial charge in [-0.15, -0.1) is 0 Å². The first kappa shape index (κ1) is 14.6. The fourth-order valence-electron chi connectivity index (χ4n) is 3.17. The molecule has 3 rings (SSSR count). The van der Waals surface area contributed by atoms with Crippen LogP contribution in [0.25, 0.3) is 0 Å². The van der Waals surface area contributed by atoms with Crippen molar-refractivity contribution >= 4 is 17.8 Å². The van der Waals surface area contributed by atoms with Gasteiger partial charge in [0, 0.05) is 18.7 Å². The number of urea groups is 1. The number of imide groups is 1. The molecule has 116 valence electrons. The lowest BCUT2D eigenvalue weighted by molar-refractivity contribution is -0.126. The van der Waals surface area contributed by atoms with Crippen molar-refractivity contribution < 1.29 is 14.4 Å². The van der Waals surface area contributed by atoms with Crippen molar-refractivity contribution in [1.29, 1.82) is 0 Å². The van der Waals surface area contributed by atoms with Gasteiger partial charge in [0.1, 0.15) is 0 Å². The Labute approximate surface area is 129 Å². The van der Waals surface area contributed by atoms with Crippen LogP contribution in [0.15, 0.2) is 18.2 Å². The molecule has 1 aromatic carbocycles. The maximum Gasteiger partial charge on any atom is 0.324 e. The Hall–Kier alpha value is -2.37. The first-order valence-electron chi connectivity index (χ1n) is 7.44. The molecule has 2 heterocycles. The van der Waals surface area contributed by atoms with Crippen molar-refractivity contribution in [2.75, 3.05) is 19.6 Å². The third-order valence-electron chi connectivity index (χ3n) is 4.31. The van der Waals surface area contributed by atoms with Crippen LogP contribution in [0.1, 0.15) is 27.9 Å². The molecular formula is C16H19N3O3. The zero-order valence-corrected chi connectivity index (χ0v) is 12.8. The molecule has 2 fully saturated rings. The van der Waals surface area contributed by atoms with Gasteiger partial charge in [-0.05, 0) is 31.9 Å². The Bertz CT molecular complexity index is 640. The zero-order valence-electron chi connectivity index (χ0n) is 12.8. The Morgan fingerprint density at radius 3 is 2.68 bits per heavy atom. The fourth-order valence-corrected chi connectivity index (χ4v) is 3.17. The molecule has 0 aliphatic carbocycles. The number of likely N-dealkylation sites (tertiary alicyclic amines) is 1. The summed E-state index contributed by atoms with van der Waals surface area (Å²) < 4.78 is 0. The van der Waals surface area contributed by atoms with E-state index in [-0.39, 0.29) is 30.4 Å². The molecule has 6 heteroatoms. The van der Waals surface area contributed by atoms with E-state index in [1.165, 1.54) is 4.90 Å². The van der Waals surface area contributed by atoms with Gasteiger partial charge in [-0.25, -0.2) is 4.79 Å². The molecule has 6 nitrogen and oxygen atoms in total. The van der Waals surface area contributed by atoms with E-state index in [0.29, 0.717) is 25.1 Å². The maximum atomic E-state index is 12.6. The average molecular weight is 301 g/mol. The normalized spacial score (nSPS) is 21.5. The highest BCUT2D eigenvalue weighted by Gasteiger charge is 2.39.